The maximum Gasteiger partial charge on any atom is 0.242 e. The third kappa shape index (κ3) is 4.24. The van der Waals surface area contributed by atoms with Crippen molar-refractivity contribution in [2.45, 2.75) is 24.9 Å². The minimum atomic E-state index is -0.835. The van der Waals surface area contributed by atoms with Crippen molar-refractivity contribution in [1.29, 1.82) is 0 Å². The zero-order valence-corrected chi connectivity index (χ0v) is 14.1. The van der Waals surface area contributed by atoms with Crippen LogP contribution in [0, 0.1) is 0 Å². The molecule has 1 aliphatic rings. The van der Waals surface area contributed by atoms with Crippen LogP contribution in [0.3, 0.4) is 0 Å². The van der Waals surface area contributed by atoms with Crippen molar-refractivity contribution in [2.75, 3.05) is 20.3 Å². The van der Waals surface area contributed by atoms with E-state index in [1.807, 2.05) is 12.1 Å². The highest BCUT2D eigenvalue weighted by atomic mass is 35.5. The van der Waals surface area contributed by atoms with E-state index in [1.165, 1.54) is 0 Å². The molecule has 1 aromatic rings. The van der Waals surface area contributed by atoms with Crippen molar-refractivity contribution in [1.82, 2.24) is 4.90 Å². The molecule has 0 aromatic heterocycles. The first-order valence-electron chi connectivity index (χ1n) is 6.49. The van der Waals surface area contributed by atoms with Gasteiger partial charge < -0.3 is 15.4 Å². The number of hydrogen-bond donors (Lipinski definition) is 1. The first-order valence-corrected chi connectivity index (χ1v) is 7.25. The van der Waals surface area contributed by atoms with E-state index < -0.39 is 5.54 Å². The molecule has 7 heteroatoms. The van der Waals surface area contributed by atoms with Gasteiger partial charge in [0.25, 0.3) is 0 Å². The second kappa shape index (κ2) is 7.65. The molecule has 1 fully saturated rings. The van der Waals surface area contributed by atoms with E-state index in [2.05, 4.69) is 0 Å². The van der Waals surface area contributed by atoms with Crippen LogP contribution >= 0.6 is 35.6 Å². The molecule has 0 saturated carbocycles. The van der Waals surface area contributed by atoms with Crippen molar-refractivity contribution < 1.29 is 9.53 Å². The lowest BCUT2D eigenvalue weighted by atomic mass is 9.89. The quantitative estimate of drug-likeness (QED) is 0.909. The van der Waals surface area contributed by atoms with Crippen molar-refractivity contribution in [3.63, 3.8) is 0 Å². The van der Waals surface area contributed by atoms with E-state index in [-0.39, 0.29) is 18.3 Å². The van der Waals surface area contributed by atoms with Crippen LogP contribution in [-0.4, -0.2) is 36.6 Å². The number of halogens is 3. The van der Waals surface area contributed by atoms with Gasteiger partial charge in [0, 0.05) is 26.8 Å². The molecule has 1 saturated heterocycles. The van der Waals surface area contributed by atoms with Crippen LogP contribution in [-0.2, 0) is 16.1 Å². The Hall–Kier alpha value is -0.520. The highest BCUT2D eigenvalue weighted by Crippen LogP contribution is 2.27. The van der Waals surface area contributed by atoms with Crippen LogP contribution < -0.4 is 5.73 Å². The summed E-state index contributed by atoms with van der Waals surface area (Å²) in [6.07, 6.45) is 1.08. The van der Waals surface area contributed by atoms with Crippen LogP contribution in [0.25, 0.3) is 0 Å². The summed E-state index contributed by atoms with van der Waals surface area (Å²) in [6.45, 7) is 1.43. The molecule has 1 aromatic carbocycles. The Morgan fingerprint density at radius 3 is 2.62 bits per heavy atom. The molecule has 1 amide bonds. The molecular weight excluding hydrogens is 335 g/mol. The number of carbonyl (C=O) groups is 1. The number of benzene rings is 1. The van der Waals surface area contributed by atoms with Crippen molar-refractivity contribution in [2.24, 2.45) is 5.73 Å². The summed E-state index contributed by atoms with van der Waals surface area (Å²) in [5.74, 6) is -0.0863. The number of rotatable bonds is 3. The molecule has 0 bridgehead atoms. The van der Waals surface area contributed by atoms with E-state index in [4.69, 9.17) is 33.7 Å². The smallest absolute Gasteiger partial charge is 0.242 e. The summed E-state index contributed by atoms with van der Waals surface area (Å²) in [7, 11) is 1.73. The maximum atomic E-state index is 12.5. The Labute approximate surface area is 140 Å². The second-order valence-electron chi connectivity index (χ2n) is 5.14. The Morgan fingerprint density at radius 2 is 2.00 bits per heavy atom. The monoisotopic (exact) mass is 352 g/mol. The summed E-state index contributed by atoms with van der Waals surface area (Å²) in [6, 6.07) is 5.39. The molecular formula is C14H19Cl3N2O2. The van der Waals surface area contributed by atoms with Gasteiger partial charge in [-0.3, -0.25) is 4.79 Å². The maximum absolute atomic E-state index is 12.5. The molecule has 2 rings (SSSR count). The Bertz CT molecular complexity index is 505. The number of hydrogen-bond acceptors (Lipinski definition) is 3. The molecule has 0 atom stereocenters. The Kier molecular flexibility index (Phi) is 6.75. The standard InChI is InChI=1S/C14H18Cl2N2O2.ClH/c1-18(9-10-3-2-4-11(15)12(10)16)13(19)14(17)5-7-20-8-6-14;/h2-4H,5-9,17H2,1H3;1H. The number of carbonyl (C=O) groups excluding carboxylic acids is 1. The lowest BCUT2D eigenvalue weighted by Gasteiger charge is -2.35. The SMILES string of the molecule is CN(Cc1cccc(Cl)c1Cl)C(=O)C1(N)CCOCC1.Cl. The third-order valence-corrected chi connectivity index (χ3v) is 4.45. The lowest BCUT2D eigenvalue weighted by molar-refractivity contribution is -0.139. The van der Waals surface area contributed by atoms with Gasteiger partial charge >= 0.3 is 0 Å². The Balaban J connectivity index is 0.00000220. The van der Waals surface area contributed by atoms with Crippen LogP contribution in [0.5, 0.6) is 0 Å². The van der Waals surface area contributed by atoms with Crippen molar-refractivity contribution in [3.05, 3.63) is 33.8 Å². The van der Waals surface area contributed by atoms with Gasteiger partial charge in [0.15, 0.2) is 0 Å². The van der Waals surface area contributed by atoms with Gasteiger partial charge in [-0.15, -0.1) is 12.4 Å². The van der Waals surface area contributed by atoms with Gasteiger partial charge in [-0.2, -0.15) is 0 Å². The Morgan fingerprint density at radius 1 is 1.38 bits per heavy atom. The van der Waals surface area contributed by atoms with E-state index in [9.17, 15) is 4.79 Å². The van der Waals surface area contributed by atoms with E-state index >= 15 is 0 Å². The zero-order chi connectivity index (χ0) is 14.8. The molecule has 0 radical (unpaired) electrons. The van der Waals surface area contributed by atoms with Crippen LogP contribution in [0.4, 0.5) is 0 Å². The van der Waals surface area contributed by atoms with Gasteiger partial charge in [0.2, 0.25) is 5.91 Å². The number of nitrogens with zero attached hydrogens (tertiary/aromatic N) is 1. The highest BCUT2D eigenvalue weighted by Gasteiger charge is 2.37. The minimum Gasteiger partial charge on any atom is -0.381 e. The van der Waals surface area contributed by atoms with Gasteiger partial charge in [0.1, 0.15) is 0 Å². The number of amides is 1. The predicted octanol–water partition coefficient (Wildman–Crippen LogP) is 2.88. The molecule has 118 valence electrons. The van der Waals surface area contributed by atoms with Crippen LogP contribution in [0.1, 0.15) is 18.4 Å². The van der Waals surface area contributed by atoms with Gasteiger partial charge in [-0.25, -0.2) is 0 Å². The topological polar surface area (TPSA) is 55.6 Å². The van der Waals surface area contributed by atoms with Crippen LogP contribution in [0.2, 0.25) is 10.0 Å². The zero-order valence-electron chi connectivity index (χ0n) is 11.8. The molecule has 1 aliphatic heterocycles. The molecule has 0 aliphatic carbocycles. The largest absolute Gasteiger partial charge is 0.381 e. The third-order valence-electron chi connectivity index (χ3n) is 3.60. The number of ether oxygens (including phenoxy) is 1. The number of nitrogens with two attached hydrogens (primary N) is 1. The molecule has 0 unspecified atom stereocenters. The molecule has 2 N–H and O–H groups in total. The van der Waals surface area contributed by atoms with E-state index in [0.717, 1.165) is 5.56 Å². The van der Waals surface area contributed by atoms with Gasteiger partial charge in [0.05, 0.1) is 15.6 Å². The lowest BCUT2D eigenvalue weighted by Crippen LogP contribution is -2.57. The fourth-order valence-electron chi connectivity index (χ4n) is 2.33. The average molecular weight is 354 g/mol. The van der Waals surface area contributed by atoms with E-state index in [1.54, 1.807) is 18.0 Å². The fraction of sp³-hybridized carbons (Fsp3) is 0.500. The first-order chi connectivity index (χ1) is 9.44. The summed E-state index contributed by atoms with van der Waals surface area (Å²) in [5.41, 5.74) is 6.17. The van der Waals surface area contributed by atoms with Gasteiger partial charge in [-0.1, -0.05) is 35.3 Å². The predicted molar refractivity (Wildman–Crippen MR) is 87.2 cm³/mol. The molecule has 0 spiro atoms. The van der Waals surface area contributed by atoms with Crippen LogP contribution in [0.15, 0.2) is 18.2 Å². The normalized spacial score (nSPS) is 17.0. The summed E-state index contributed by atoms with van der Waals surface area (Å²) < 4.78 is 5.26. The molecule has 4 nitrogen and oxygen atoms in total. The first kappa shape index (κ1) is 18.5. The van der Waals surface area contributed by atoms with Crippen molar-refractivity contribution in [3.8, 4) is 0 Å². The van der Waals surface area contributed by atoms with Crippen molar-refractivity contribution >= 4 is 41.5 Å². The van der Waals surface area contributed by atoms with Gasteiger partial charge in [-0.05, 0) is 24.5 Å². The van der Waals surface area contributed by atoms with E-state index in [0.29, 0.717) is 42.6 Å². The second-order valence-corrected chi connectivity index (χ2v) is 5.93. The minimum absolute atomic E-state index is 0. The summed E-state index contributed by atoms with van der Waals surface area (Å²) in [4.78, 5) is 14.1. The highest BCUT2D eigenvalue weighted by molar-refractivity contribution is 6.42. The average Bonchev–Trinajstić information content (AvgIpc) is 2.44. The fourth-order valence-corrected chi connectivity index (χ4v) is 2.71. The molecule has 1 heterocycles. The number of likely N-dealkylation sites (N-methyl/N-ethyl adjacent to an activating group) is 1. The summed E-state index contributed by atoms with van der Waals surface area (Å²) >= 11 is 12.1. The summed E-state index contributed by atoms with van der Waals surface area (Å²) in [5, 5.41) is 0.963. The molecule has 21 heavy (non-hydrogen) atoms.